The molecule has 13 nitrogen and oxygen atoms in total. The molecule has 3 N–H and O–H groups in total. The summed E-state index contributed by atoms with van der Waals surface area (Å²) < 4.78 is 30.6. The standard InChI is InChI=1S/C25H22N10O3S/c1-15-8-9-33-22(15)25(36)35(18-6-4-3-5-7-18)19(30-33)13-34-24-20(23(26)28-14-29-24)21(31-34)16-10-17(12-27-11-16)32-39(2,37)38/h3-12,14,32H,13H2,1-2H3,(H2,26,28,29). The van der Waals surface area contributed by atoms with Crippen molar-refractivity contribution in [3.05, 3.63) is 89.1 Å². The van der Waals surface area contributed by atoms with E-state index < -0.39 is 10.0 Å². The highest BCUT2D eigenvalue weighted by atomic mass is 32.2. The lowest BCUT2D eigenvalue weighted by atomic mass is 10.1. The molecule has 6 aromatic rings. The van der Waals surface area contributed by atoms with Crippen molar-refractivity contribution in [3.8, 4) is 16.9 Å². The number of benzene rings is 1. The van der Waals surface area contributed by atoms with Crippen LogP contribution in [0.3, 0.4) is 0 Å². The van der Waals surface area contributed by atoms with E-state index in [2.05, 4.69) is 19.7 Å². The highest BCUT2D eigenvalue weighted by molar-refractivity contribution is 7.92. The van der Waals surface area contributed by atoms with Crippen LogP contribution < -0.4 is 16.0 Å². The number of sulfonamides is 1. The molecule has 0 fully saturated rings. The Hall–Kier alpha value is -5.11. The third kappa shape index (κ3) is 4.35. The first kappa shape index (κ1) is 24.2. The molecule has 1 aromatic carbocycles. The van der Waals surface area contributed by atoms with E-state index in [-0.39, 0.29) is 23.6 Å². The van der Waals surface area contributed by atoms with Gasteiger partial charge in [-0.05, 0) is 36.8 Å². The van der Waals surface area contributed by atoms with E-state index in [1.807, 2.05) is 43.3 Å². The Morgan fingerprint density at radius 3 is 2.62 bits per heavy atom. The SMILES string of the molecule is Cc1ccn2nc(Cn3nc(-c4cncc(NS(C)(=O)=O)c4)c4c(N)ncnc43)n(-c3ccccc3)c(=O)c12. The summed E-state index contributed by atoms with van der Waals surface area (Å²) in [6.07, 6.45) is 7.05. The van der Waals surface area contributed by atoms with E-state index in [9.17, 15) is 13.2 Å². The molecular formula is C25H22N10O3S. The Labute approximate surface area is 221 Å². The molecule has 14 heteroatoms. The van der Waals surface area contributed by atoms with Crippen molar-refractivity contribution in [1.82, 2.24) is 38.9 Å². The number of nitrogens with one attached hydrogen (secondary N) is 1. The highest BCUT2D eigenvalue weighted by Crippen LogP contribution is 2.31. The Morgan fingerprint density at radius 1 is 1.05 bits per heavy atom. The van der Waals surface area contributed by atoms with Crippen molar-refractivity contribution >= 4 is 38.1 Å². The first-order valence-corrected chi connectivity index (χ1v) is 13.6. The molecule has 0 amide bonds. The predicted octanol–water partition coefficient (Wildman–Crippen LogP) is 2.00. The summed E-state index contributed by atoms with van der Waals surface area (Å²) >= 11 is 0. The van der Waals surface area contributed by atoms with Gasteiger partial charge in [-0.3, -0.25) is 19.1 Å². The van der Waals surface area contributed by atoms with Gasteiger partial charge in [-0.1, -0.05) is 18.2 Å². The smallest absolute Gasteiger partial charge is 0.282 e. The summed E-state index contributed by atoms with van der Waals surface area (Å²) in [4.78, 5) is 26.4. The summed E-state index contributed by atoms with van der Waals surface area (Å²) in [6.45, 7) is 1.93. The zero-order valence-electron chi connectivity index (χ0n) is 20.8. The number of hydrogen-bond acceptors (Lipinski definition) is 9. The summed E-state index contributed by atoms with van der Waals surface area (Å²) in [6, 6.07) is 12.7. The van der Waals surface area contributed by atoms with Crippen molar-refractivity contribution in [1.29, 1.82) is 0 Å². The van der Waals surface area contributed by atoms with Crippen LogP contribution in [-0.2, 0) is 16.6 Å². The molecule has 0 unspecified atom stereocenters. The van der Waals surface area contributed by atoms with Crippen molar-refractivity contribution < 1.29 is 8.42 Å². The van der Waals surface area contributed by atoms with Gasteiger partial charge in [0.25, 0.3) is 5.56 Å². The van der Waals surface area contributed by atoms with E-state index in [1.54, 1.807) is 32.2 Å². The lowest BCUT2D eigenvalue weighted by Crippen LogP contribution is -2.28. The van der Waals surface area contributed by atoms with Crippen LogP contribution in [0.15, 0.2) is 72.2 Å². The third-order valence-electron chi connectivity index (χ3n) is 6.13. The Morgan fingerprint density at radius 2 is 1.85 bits per heavy atom. The summed E-state index contributed by atoms with van der Waals surface area (Å²) in [5.74, 6) is 0.598. The molecular weight excluding hydrogens is 520 g/mol. The van der Waals surface area contributed by atoms with Gasteiger partial charge in [0.1, 0.15) is 29.9 Å². The van der Waals surface area contributed by atoms with Crippen LogP contribution in [0, 0.1) is 6.92 Å². The van der Waals surface area contributed by atoms with E-state index in [0.29, 0.717) is 39.3 Å². The molecule has 0 aliphatic carbocycles. The van der Waals surface area contributed by atoms with Gasteiger partial charge in [-0.2, -0.15) is 10.2 Å². The van der Waals surface area contributed by atoms with Crippen LogP contribution in [0.5, 0.6) is 0 Å². The predicted molar refractivity (Wildman–Crippen MR) is 146 cm³/mol. The number of para-hydroxylation sites is 1. The van der Waals surface area contributed by atoms with Gasteiger partial charge >= 0.3 is 0 Å². The van der Waals surface area contributed by atoms with Crippen LogP contribution in [0.4, 0.5) is 11.5 Å². The number of fused-ring (bicyclic) bond motifs is 2. The molecule has 196 valence electrons. The summed E-state index contributed by atoms with van der Waals surface area (Å²) in [5.41, 5.74) is 9.55. The van der Waals surface area contributed by atoms with E-state index in [0.717, 1.165) is 11.8 Å². The minimum Gasteiger partial charge on any atom is -0.383 e. The average molecular weight is 543 g/mol. The molecule has 0 atom stereocenters. The second-order valence-corrected chi connectivity index (χ2v) is 10.7. The van der Waals surface area contributed by atoms with Crippen molar-refractivity contribution in [2.24, 2.45) is 0 Å². The molecule has 0 saturated carbocycles. The fraction of sp³-hybridized carbons (Fsp3) is 0.120. The van der Waals surface area contributed by atoms with E-state index >= 15 is 0 Å². The molecule has 0 spiro atoms. The number of nitrogen functional groups attached to an aromatic ring is 1. The fourth-order valence-corrected chi connectivity index (χ4v) is 5.06. The Bertz CT molecular complexity index is 2050. The molecule has 0 aliphatic rings. The normalized spacial score (nSPS) is 11.8. The number of nitrogens with two attached hydrogens (primary N) is 1. The maximum atomic E-state index is 13.7. The third-order valence-corrected chi connectivity index (χ3v) is 6.74. The molecule has 0 saturated heterocycles. The van der Waals surface area contributed by atoms with Crippen LogP contribution in [0.2, 0.25) is 0 Å². The molecule has 0 aliphatic heterocycles. The van der Waals surface area contributed by atoms with Crippen LogP contribution in [0.25, 0.3) is 33.5 Å². The van der Waals surface area contributed by atoms with Gasteiger partial charge in [-0.15, -0.1) is 0 Å². The number of pyridine rings is 1. The largest absolute Gasteiger partial charge is 0.383 e. The number of hydrogen-bond donors (Lipinski definition) is 2. The quantitative estimate of drug-likeness (QED) is 0.320. The Balaban J connectivity index is 1.55. The second-order valence-electron chi connectivity index (χ2n) is 8.98. The number of aryl methyl sites for hydroxylation is 1. The minimum absolute atomic E-state index is 0.0684. The van der Waals surface area contributed by atoms with Gasteiger partial charge in [0, 0.05) is 18.0 Å². The Kier molecular flexibility index (Phi) is 5.61. The monoisotopic (exact) mass is 542 g/mol. The lowest BCUT2D eigenvalue weighted by Gasteiger charge is -2.13. The molecule has 0 radical (unpaired) electrons. The first-order chi connectivity index (χ1) is 18.7. The van der Waals surface area contributed by atoms with Crippen LogP contribution in [-0.4, -0.2) is 53.6 Å². The van der Waals surface area contributed by atoms with Crippen molar-refractivity contribution in [2.45, 2.75) is 13.5 Å². The maximum Gasteiger partial charge on any atom is 0.282 e. The first-order valence-electron chi connectivity index (χ1n) is 11.7. The molecule has 39 heavy (non-hydrogen) atoms. The van der Waals surface area contributed by atoms with Crippen LogP contribution in [0.1, 0.15) is 11.4 Å². The molecule has 5 aromatic heterocycles. The van der Waals surface area contributed by atoms with Crippen molar-refractivity contribution in [3.63, 3.8) is 0 Å². The lowest BCUT2D eigenvalue weighted by molar-refractivity contribution is 0.607. The number of aromatic nitrogens is 8. The topological polar surface area (TPSA) is 168 Å². The summed E-state index contributed by atoms with van der Waals surface area (Å²) in [7, 11) is -3.52. The van der Waals surface area contributed by atoms with E-state index in [4.69, 9.17) is 15.9 Å². The molecule has 5 heterocycles. The zero-order valence-corrected chi connectivity index (χ0v) is 21.7. The van der Waals surface area contributed by atoms with Crippen molar-refractivity contribution in [2.75, 3.05) is 16.7 Å². The molecule has 6 rings (SSSR count). The average Bonchev–Trinajstić information content (AvgIpc) is 3.45. The fourth-order valence-electron chi connectivity index (χ4n) is 4.52. The molecule has 0 bridgehead atoms. The van der Waals surface area contributed by atoms with Gasteiger partial charge < -0.3 is 5.73 Å². The maximum absolute atomic E-state index is 13.7. The summed E-state index contributed by atoms with van der Waals surface area (Å²) in [5, 5.41) is 9.97. The number of nitrogens with zero attached hydrogens (tertiary/aromatic N) is 8. The van der Waals surface area contributed by atoms with Gasteiger partial charge in [0.2, 0.25) is 10.0 Å². The van der Waals surface area contributed by atoms with Crippen LogP contribution >= 0.6 is 0 Å². The number of rotatable bonds is 6. The minimum atomic E-state index is -3.52. The van der Waals surface area contributed by atoms with Gasteiger partial charge in [0.05, 0.1) is 29.2 Å². The van der Waals surface area contributed by atoms with E-state index in [1.165, 1.54) is 12.5 Å². The number of anilines is 2. The van der Waals surface area contributed by atoms with Gasteiger partial charge in [0.15, 0.2) is 11.5 Å². The second kappa shape index (κ2) is 9.02. The zero-order chi connectivity index (χ0) is 27.3. The van der Waals surface area contributed by atoms with Gasteiger partial charge in [-0.25, -0.2) is 27.6 Å². The highest BCUT2D eigenvalue weighted by Gasteiger charge is 2.21.